The van der Waals surface area contributed by atoms with E-state index in [0.29, 0.717) is 0 Å². The van der Waals surface area contributed by atoms with Crippen molar-refractivity contribution >= 4 is 35.0 Å². The van der Waals surface area contributed by atoms with Crippen molar-refractivity contribution in [1.82, 2.24) is 4.90 Å². The van der Waals surface area contributed by atoms with E-state index in [9.17, 15) is 4.79 Å². The summed E-state index contributed by atoms with van der Waals surface area (Å²) in [6.07, 6.45) is 0.823. The maximum Gasteiger partial charge on any atom is 0.236 e. The molecular formula is C22H27ClN2OS. The van der Waals surface area contributed by atoms with E-state index in [0.717, 1.165) is 42.5 Å². The number of amides is 1. The second kappa shape index (κ2) is 9.03. The third-order valence-corrected chi connectivity index (χ3v) is 6.86. The molecule has 2 aromatic carbocycles. The van der Waals surface area contributed by atoms with Crippen LogP contribution in [0.15, 0.2) is 47.4 Å². The van der Waals surface area contributed by atoms with Crippen LogP contribution in [-0.4, -0.2) is 42.2 Å². The zero-order chi connectivity index (χ0) is 19.4. The number of carbonyl (C=O) groups is 1. The molecule has 1 heterocycles. The number of anilines is 1. The first-order chi connectivity index (χ1) is 13.0. The van der Waals surface area contributed by atoms with E-state index in [1.807, 2.05) is 29.2 Å². The van der Waals surface area contributed by atoms with Crippen molar-refractivity contribution in [2.24, 2.45) is 0 Å². The lowest BCUT2D eigenvalue weighted by atomic mass is 10.1. The van der Waals surface area contributed by atoms with Crippen molar-refractivity contribution in [1.29, 1.82) is 0 Å². The van der Waals surface area contributed by atoms with Gasteiger partial charge in [0.05, 0.1) is 5.25 Å². The molecule has 1 fully saturated rings. The van der Waals surface area contributed by atoms with Gasteiger partial charge in [-0.3, -0.25) is 4.79 Å². The van der Waals surface area contributed by atoms with Crippen molar-refractivity contribution in [3.05, 3.63) is 58.6 Å². The highest BCUT2D eigenvalue weighted by atomic mass is 35.5. The molecule has 0 aromatic heterocycles. The summed E-state index contributed by atoms with van der Waals surface area (Å²) in [6.45, 7) is 9.75. The van der Waals surface area contributed by atoms with Crippen LogP contribution < -0.4 is 4.90 Å². The number of benzene rings is 2. The monoisotopic (exact) mass is 402 g/mol. The van der Waals surface area contributed by atoms with E-state index < -0.39 is 0 Å². The number of carbonyl (C=O) groups excluding carboxylic acids is 1. The Bertz CT molecular complexity index is 785. The first-order valence-electron chi connectivity index (χ1n) is 9.51. The fraction of sp³-hybridized carbons (Fsp3) is 0.409. The molecular weight excluding hydrogens is 376 g/mol. The van der Waals surface area contributed by atoms with Crippen LogP contribution in [0.1, 0.15) is 24.5 Å². The Morgan fingerprint density at radius 1 is 1.07 bits per heavy atom. The fourth-order valence-electron chi connectivity index (χ4n) is 3.44. The topological polar surface area (TPSA) is 23.6 Å². The minimum Gasteiger partial charge on any atom is -0.368 e. The third-order valence-electron chi connectivity index (χ3n) is 5.25. The average molecular weight is 403 g/mol. The molecule has 0 aliphatic carbocycles. The van der Waals surface area contributed by atoms with Gasteiger partial charge in [-0.25, -0.2) is 0 Å². The first kappa shape index (κ1) is 20.1. The molecule has 0 radical (unpaired) electrons. The predicted octanol–water partition coefficient (Wildman–Crippen LogP) is 5.18. The number of hydrogen-bond donors (Lipinski definition) is 0. The lowest BCUT2D eigenvalue weighted by Crippen LogP contribution is -2.51. The second-order valence-electron chi connectivity index (χ2n) is 7.00. The molecule has 1 amide bonds. The minimum atomic E-state index is -0.0431. The van der Waals surface area contributed by atoms with Gasteiger partial charge in [-0.15, -0.1) is 11.8 Å². The molecule has 3 rings (SSSR count). The van der Waals surface area contributed by atoms with E-state index in [1.165, 1.54) is 16.8 Å². The quantitative estimate of drug-likeness (QED) is 0.644. The normalized spacial score (nSPS) is 15.7. The number of rotatable bonds is 5. The van der Waals surface area contributed by atoms with Crippen molar-refractivity contribution in [2.75, 3.05) is 31.1 Å². The van der Waals surface area contributed by atoms with Gasteiger partial charge in [0.25, 0.3) is 0 Å². The van der Waals surface area contributed by atoms with Gasteiger partial charge in [0.1, 0.15) is 0 Å². The second-order valence-corrected chi connectivity index (χ2v) is 8.71. The van der Waals surface area contributed by atoms with Gasteiger partial charge in [-0.1, -0.05) is 30.7 Å². The molecule has 0 unspecified atom stereocenters. The van der Waals surface area contributed by atoms with Crippen LogP contribution in [0, 0.1) is 13.8 Å². The average Bonchev–Trinajstić information content (AvgIpc) is 2.69. The van der Waals surface area contributed by atoms with Gasteiger partial charge in [-0.05, 0) is 61.7 Å². The summed E-state index contributed by atoms with van der Waals surface area (Å²) < 4.78 is 0. The molecule has 5 heteroatoms. The number of thioether (sulfide) groups is 1. The maximum atomic E-state index is 13.0. The number of nitrogens with zero attached hydrogens (tertiary/aromatic N) is 2. The van der Waals surface area contributed by atoms with Crippen molar-refractivity contribution in [3.63, 3.8) is 0 Å². The molecule has 3 nitrogen and oxygen atoms in total. The number of piperazine rings is 1. The zero-order valence-corrected chi connectivity index (χ0v) is 17.8. The molecule has 27 heavy (non-hydrogen) atoms. The van der Waals surface area contributed by atoms with Crippen LogP contribution in [0.3, 0.4) is 0 Å². The molecule has 1 saturated heterocycles. The molecule has 1 aliphatic rings. The van der Waals surface area contributed by atoms with Crippen molar-refractivity contribution in [2.45, 2.75) is 37.3 Å². The number of hydrogen-bond acceptors (Lipinski definition) is 3. The Morgan fingerprint density at radius 3 is 2.37 bits per heavy atom. The summed E-state index contributed by atoms with van der Waals surface area (Å²) in [7, 11) is 0. The highest BCUT2D eigenvalue weighted by molar-refractivity contribution is 8.00. The highest BCUT2D eigenvalue weighted by Crippen LogP contribution is 2.29. The summed E-state index contributed by atoms with van der Waals surface area (Å²) in [4.78, 5) is 18.5. The Kier molecular flexibility index (Phi) is 6.72. The van der Waals surface area contributed by atoms with Gasteiger partial charge in [0, 0.05) is 41.8 Å². The predicted molar refractivity (Wildman–Crippen MR) is 116 cm³/mol. The Hall–Kier alpha value is -1.65. The molecule has 144 valence electrons. The maximum absolute atomic E-state index is 13.0. The summed E-state index contributed by atoms with van der Waals surface area (Å²) >= 11 is 7.60. The summed E-state index contributed by atoms with van der Waals surface area (Å²) in [5.41, 5.74) is 3.95. The van der Waals surface area contributed by atoms with Gasteiger partial charge in [0.15, 0.2) is 0 Å². The van der Waals surface area contributed by atoms with E-state index in [1.54, 1.807) is 11.8 Å². The lowest BCUT2D eigenvalue weighted by molar-refractivity contribution is -0.130. The SMILES string of the molecule is CC[C@@H](Sc1ccc(Cl)cc1)C(=O)N1CCN(c2cccc(C)c2C)CC1. The van der Waals surface area contributed by atoms with E-state index in [-0.39, 0.29) is 11.2 Å². The minimum absolute atomic E-state index is 0.0431. The van der Waals surface area contributed by atoms with Gasteiger partial charge in [-0.2, -0.15) is 0 Å². The van der Waals surface area contributed by atoms with Crippen molar-refractivity contribution < 1.29 is 4.79 Å². The van der Waals surface area contributed by atoms with E-state index in [4.69, 9.17) is 11.6 Å². The van der Waals surface area contributed by atoms with Gasteiger partial charge in [0.2, 0.25) is 5.91 Å². The summed E-state index contributed by atoms with van der Waals surface area (Å²) in [5, 5.41) is 0.680. The zero-order valence-electron chi connectivity index (χ0n) is 16.2. The van der Waals surface area contributed by atoms with Crippen LogP contribution in [0.2, 0.25) is 5.02 Å². The first-order valence-corrected chi connectivity index (χ1v) is 10.8. The summed E-state index contributed by atoms with van der Waals surface area (Å²) in [5.74, 6) is 0.248. The number of aryl methyl sites for hydroxylation is 1. The van der Waals surface area contributed by atoms with Crippen LogP contribution in [0.4, 0.5) is 5.69 Å². The van der Waals surface area contributed by atoms with E-state index >= 15 is 0 Å². The summed E-state index contributed by atoms with van der Waals surface area (Å²) in [6, 6.07) is 14.2. The molecule has 0 saturated carbocycles. The largest absolute Gasteiger partial charge is 0.368 e. The molecule has 0 N–H and O–H groups in total. The third kappa shape index (κ3) is 4.80. The Labute approximate surface area is 171 Å². The van der Waals surface area contributed by atoms with Crippen LogP contribution in [0.5, 0.6) is 0 Å². The van der Waals surface area contributed by atoms with Gasteiger partial charge >= 0.3 is 0 Å². The molecule has 1 aliphatic heterocycles. The Morgan fingerprint density at radius 2 is 1.74 bits per heavy atom. The van der Waals surface area contributed by atoms with Crippen LogP contribution in [0.25, 0.3) is 0 Å². The molecule has 0 spiro atoms. The van der Waals surface area contributed by atoms with E-state index in [2.05, 4.69) is 43.9 Å². The smallest absolute Gasteiger partial charge is 0.236 e. The van der Waals surface area contributed by atoms with Crippen molar-refractivity contribution in [3.8, 4) is 0 Å². The fourth-order valence-corrected chi connectivity index (χ4v) is 4.60. The highest BCUT2D eigenvalue weighted by Gasteiger charge is 2.27. The van der Waals surface area contributed by atoms with Crippen LogP contribution >= 0.6 is 23.4 Å². The molecule has 0 bridgehead atoms. The number of halogens is 1. The molecule has 2 aromatic rings. The standard InChI is InChI=1S/C22H27ClN2OS/c1-4-21(27-19-10-8-18(23)9-11-19)22(26)25-14-12-24(13-15-25)20-7-5-6-16(2)17(20)3/h5-11,21H,4,12-15H2,1-3H3/t21-/m1/s1. The van der Waals surface area contributed by atoms with Gasteiger partial charge < -0.3 is 9.80 Å². The molecule has 1 atom stereocenters. The van der Waals surface area contributed by atoms with Crippen LogP contribution in [-0.2, 0) is 4.79 Å². The Balaban J connectivity index is 1.61. The lowest BCUT2D eigenvalue weighted by Gasteiger charge is -2.38.